The van der Waals surface area contributed by atoms with Gasteiger partial charge in [-0.3, -0.25) is 9.69 Å². The van der Waals surface area contributed by atoms with Gasteiger partial charge in [0.15, 0.2) is 0 Å². The molecule has 0 aromatic heterocycles. The van der Waals surface area contributed by atoms with Gasteiger partial charge in [0.05, 0.1) is 17.2 Å². The molecule has 0 unspecified atom stereocenters. The molecule has 1 heterocycles. The summed E-state index contributed by atoms with van der Waals surface area (Å²) in [5, 5.41) is 9.49. The van der Waals surface area contributed by atoms with Crippen molar-refractivity contribution in [2.24, 2.45) is 0 Å². The Morgan fingerprint density at radius 1 is 1.00 bits per heavy atom. The zero-order valence-electron chi connectivity index (χ0n) is 13.5. The van der Waals surface area contributed by atoms with E-state index in [4.69, 9.17) is 16.7 Å². The van der Waals surface area contributed by atoms with E-state index < -0.39 is 0 Å². The average Bonchev–Trinajstić information content (AvgIpc) is 2.63. The molecule has 3 rings (SSSR count). The van der Waals surface area contributed by atoms with E-state index in [0.29, 0.717) is 30.2 Å². The number of hydrogen-bond acceptors (Lipinski definition) is 3. The maximum atomic E-state index is 12.8. The van der Waals surface area contributed by atoms with Crippen LogP contribution in [0.5, 0.6) is 0 Å². The molecule has 24 heavy (non-hydrogen) atoms. The van der Waals surface area contributed by atoms with Crippen molar-refractivity contribution in [3.8, 4) is 11.1 Å². The Morgan fingerprint density at radius 2 is 1.71 bits per heavy atom. The summed E-state index contributed by atoms with van der Waals surface area (Å²) in [6, 6.07) is 15.6. The van der Waals surface area contributed by atoms with Crippen molar-refractivity contribution >= 4 is 17.5 Å². The molecule has 1 aliphatic heterocycles. The molecule has 5 heteroatoms. The largest absolute Gasteiger partial charge is 0.395 e. The molecule has 0 radical (unpaired) electrons. The van der Waals surface area contributed by atoms with Gasteiger partial charge in [-0.25, -0.2) is 0 Å². The van der Waals surface area contributed by atoms with Gasteiger partial charge in [0.25, 0.3) is 5.91 Å². The number of rotatable bonds is 4. The molecular weight excluding hydrogens is 324 g/mol. The molecule has 0 bridgehead atoms. The minimum Gasteiger partial charge on any atom is -0.395 e. The monoisotopic (exact) mass is 344 g/mol. The summed E-state index contributed by atoms with van der Waals surface area (Å²) in [5.41, 5.74) is 2.60. The van der Waals surface area contributed by atoms with Crippen molar-refractivity contribution in [2.45, 2.75) is 0 Å². The lowest BCUT2D eigenvalue weighted by atomic mass is 10.0. The topological polar surface area (TPSA) is 43.8 Å². The second-order valence-corrected chi connectivity index (χ2v) is 6.33. The molecule has 1 fully saturated rings. The maximum absolute atomic E-state index is 12.8. The van der Waals surface area contributed by atoms with E-state index in [1.165, 1.54) is 0 Å². The fourth-order valence-electron chi connectivity index (χ4n) is 2.99. The SMILES string of the molecule is O=C(c1cc(-c2ccccc2)ccc1Cl)N1CCN(CCO)CC1. The van der Waals surface area contributed by atoms with Crippen LogP contribution in [0.15, 0.2) is 48.5 Å². The number of carbonyl (C=O) groups excluding carboxylic acids is 1. The van der Waals surface area contributed by atoms with Crippen LogP contribution < -0.4 is 0 Å². The van der Waals surface area contributed by atoms with Crippen LogP contribution in [0.25, 0.3) is 11.1 Å². The average molecular weight is 345 g/mol. The Bertz CT molecular complexity index is 698. The Hall–Kier alpha value is -1.88. The summed E-state index contributed by atoms with van der Waals surface area (Å²) < 4.78 is 0. The molecule has 0 spiro atoms. The van der Waals surface area contributed by atoms with Crippen LogP contribution in [0.2, 0.25) is 5.02 Å². The molecule has 0 aliphatic carbocycles. The highest BCUT2D eigenvalue weighted by Crippen LogP contribution is 2.26. The highest BCUT2D eigenvalue weighted by molar-refractivity contribution is 6.34. The first kappa shape index (κ1) is 17.0. The summed E-state index contributed by atoms with van der Waals surface area (Å²) in [6.45, 7) is 3.69. The molecule has 0 atom stereocenters. The number of halogens is 1. The van der Waals surface area contributed by atoms with Crippen LogP contribution in [0.1, 0.15) is 10.4 Å². The van der Waals surface area contributed by atoms with Crippen molar-refractivity contribution in [3.05, 3.63) is 59.1 Å². The summed E-state index contributed by atoms with van der Waals surface area (Å²) in [5.74, 6) is -0.0265. The summed E-state index contributed by atoms with van der Waals surface area (Å²) in [6.07, 6.45) is 0. The Kier molecular flexibility index (Phi) is 5.51. The zero-order chi connectivity index (χ0) is 16.9. The van der Waals surface area contributed by atoms with Crippen molar-refractivity contribution in [2.75, 3.05) is 39.3 Å². The van der Waals surface area contributed by atoms with Crippen LogP contribution >= 0.6 is 11.6 Å². The van der Waals surface area contributed by atoms with Gasteiger partial charge >= 0.3 is 0 Å². The molecule has 1 saturated heterocycles. The first-order chi connectivity index (χ1) is 11.7. The van der Waals surface area contributed by atoms with E-state index in [-0.39, 0.29) is 12.5 Å². The third kappa shape index (κ3) is 3.78. The van der Waals surface area contributed by atoms with Gasteiger partial charge < -0.3 is 10.0 Å². The number of amides is 1. The van der Waals surface area contributed by atoms with E-state index in [1.54, 1.807) is 6.07 Å². The summed E-state index contributed by atoms with van der Waals surface area (Å²) in [4.78, 5) is 16.8. The Morgan fingerprint density at radius 3 is 2.38 bits per heavy atom. The van der Waals surface area contributed by atoms with E-state index in [9.17, 15) is 4.79 Å². The third-order valence-electron chi connectivity index (χ3n) is 4.38. The first-order valence-electron chi connectivity index (χ1n) is 8.16. The lowest BCUT2D eigenvalue weighted by molar-refractivity contribution is 0.0615. The highest BCUT2D eigenvalue weighted by Gasteiger charge is 2.23. The fourth-order valence-corrected chi connectivity index (χ4v) is 3.18. The van der Waals surface area contributed by atoms with E-state index in [2.05, 4.69) is 4.90 Å². The second kappa shape index (κ2) is 7.79. The molecule has 126 valence electrons. The van der Waals surface area contributed by atoms with Crippen LogP contribution in [-0.4, -0.2) is 60.1 Å². The molecule has 1 N–H and O–H groups in total. The zero-order valence-corrected chi connectivity index (χ0v) is 14.2. The molecule has 1 amide bonds. The smallest absolute Gasteiger partial charge is 0.255 e. The van der Waals surface area contributed by atoms with Gasteiger partial charge in [-0.2, -0.15) is 0 Å². The predicted octanol–water partition coefficient (Wildman–Crippen LogP) is 2.76. The number of β-amino-alcohol motifs (C(OH)–C–C–N with tert-alkyl or cyclic N) is 1. The van der Waals surface area contributed by atoms with Crippen LogP contribution in [0, 0.1) is 0 Å². The van der Waals surface area contributed by atoms with Gasteiger partial charge in [0, 0.05) is 32.7 Å². The number of aliphatic hydroxyl groups excluding tert-OH is 1. The number of piperazine rings is 1. The lowest BCUT2D eigenvalue weighted by Crippen LogP contribution is -2.49. The molecule has 2 aromatic carbocycles. The van der Waals surface area contributed by atoms with Gasteiger partial charge in [0.1, 0.15) is 0 Å². The Balaban J connectivity index is 1.78. The van der Waals surface area contributed by atoms with Crippen molar-refractivity contribution in [1.82, 2.24) is 9.80 Å². The first-order valence-corrected chi connectivity index (χ1v) is 8.54. The van der Waals surface area contributed by atoms with Gasteiger partial charge in [-0.15, -0.1) is 0 Å². The standard InChI is InChI=1S/C19H21ClN2O2/c20-18-7-6-16(15-4-2-1-3-5-15)14-17(18)19(24)22-10-8-21(9-11-22)12-13-23/h1-7,14,23H,8-13H2. The number of benzene rings is 2. The van der Waals surface area contributed by atoms with Crippen molar-refractivity contribution < 1.29 is 9.90 Å². The molecule has 2 aromatic rings. The second-order valence-electron chi connectivity index (χ2n) is 5.92. The van der Waals surface area contributed by atoms with Crippen molar-refractivity contribution in [3.63, 3.8) is 0 Å². The summed E-state index contributed by atoms with van der Waals surface area (Å²) in [7, 11) is 0. The van der Waals surface area contributed by atoms with Crippen molar-refractivity contribution in [1.29, 1.82) is 0 Å². The van der Waals surface area contributed by atoms with E-state index in [1.807, 2.05) is 47.4 Å². The molecular formula is C19H21ClN2O2. The minimum absolute atomic E-state index is 0.0265. The minimum atomic E-state index is -0.0265. The van der Waals surface area contributed by atoms with Crippen LogP contribution in [0.3, 0.4) is 0 Å². The van der Waals surface area contributed by atoms with Gasteiger partial charge in [-0.05, 0) is 23.3 Å². The summed E-state index contributed by atoms with van der Waals surface area (Å²) >= 11 is 6.29. The van der Waals surface area contributed by atoms with Gasteiger partial charge in [-0.1, -0.05) is 48.0 Å². The number of aliphatic hydroxyl groups is 1. The van der Waals surface area contributed by atoms with Crippen LogP contribution in [-0.2, 0) is 0 Å². The quantitative estimate of drug-likeness (QED) is 0.927. The highest BCUT2D eigenvalue weighted by atomic mass is 35.5. The normalized spacial score (nSPS) is 15.5. The third-order valence-corrected chi connectivity index (χ3v) is 4.71. The predicted molar refractivity (Wildman–Crippen MR) is 96.3 cm³/mol. The molecule has 1 aliphatic rings. The number of hydrogen-bond donors (Lipinski definition) is 1. The van der Waals surface area contributed by atoms with E-state index in [0.717, 1.165) is 24.2 Å². The Labute approximate surface area is 147 Å². The number of nitrogens with zero attached hydrogens (tertiary/aromatic N) is 2. The van der Waals surface area contributed by atoms with Gasteiger partial charge in [0.2, 0.25) is 0 Å². The molecule has 4 nitrogen and oxygen atoms in total. The number of carbonyl (C=O) groups is 1. The fraction of sp³-hybridized carbons (Fsp3) is 0.316. The van der Waals surface area contributed by atoms with Crippen LogP contribution in [0.4, 0.5) is 0 Å². The van der Waals surface area contributed by atoms with E-state index >= 15 is 0 Å². The lowest BCUT2D eigenvalue weighted by Gasteiger charge is -2.34. The maximum Gasteiger partial charge on any atom is 0.255 e. The molecule has 0 saturated carbocycles.